The molecule has 4 heteroatoms. The van der Waals surface area contributed by atoms with Gasteiger partial charge in [-0.3, -0.25) is 0 Å². The van der Waals surface area contributed by atoms with Gasteiger partial charge in [-0.05, 0) is 32.4 Å². The lowest BCUT2D eigenvalue weighted by Crippen LogP contribution is -2.31. The van der Waals surface area contributed by atoms with Gasteiger partial charge in [-0.2, -0.15) is 5.26 Å². The first-order chi connectivity index (χ1) is 8.45. The van der Waals surface area contributed by atoms with E-state index in [1.165, 1.54) is 0 Å². The van der Waals surface area contributed by atoms with Crippen LogP contribution in [-0.4, -0.2) is 9.55 Å². The van der Waals surface area contributed by atoms with E-state index in [-0.39, 0.29) is 0 Å². The Bertz CT molecular complexity index is 611. The van der Waals surface area contributed by atoms with Crippen molar-refractivity contribution in [2.75, 3.05) is 0 Å². The second kappa shape index (κ2) is 4.28. The zero-order valence-corrected chi connectivity index (χ0v) is 10.8. The molecular weight excluding hydrogens is 224 g/mol. The van der Waals surface area contributed by atoms with Gasteiger partial charge in [-0.1, -0.05) is 12.1 Å². The molecule has 1 heterocycles. The number of nitriles is 1. The predicted octanol–water partition coefficient (Wildman–Crippen LogP) is 2.25. The third kappa shape index (κ3) is 2.01. The molecule has 0 aliphatic carbocycles. The molecule has 1 aromatic carbocycles. The van der Waals surface area contributed by atoms with Crippen molar-refractivity contribution in [3.63, 3.8) is 0 Å². The summed E-state index contributed by atoms with van der Waals surface area (Å²) in [4.78, 5) is 4.14. The molecule has 2 aromatic rings. The van der Waals surface area contributed by atoms with E-state index in [1.54, 1.807) is 12.5 Å². The molecule has 92 valence electrons. The molecule has 0 amide bonds. The topological polar surface area (TPSA) is 67.6 Å². The fourth-order valence-electron chi connectivity index (χ4n) is 1.96. The highest BCUT2D eigenvalue weighted by Gasteiger charge is 2.21. The molecule has 2 N–H and O–H groups in total. The summed E-state index contributed by atoms with van der Waals surface area (Å²) in [6.45, 7) is 5.76. The van der Waals surface area contributed by atoms with E-state index in [2.05, 4.69) is 11.1 Å². The average Bonchev–Trinajstić information content (AvgIpc) is 2.77. The van der Waals surface area contributed by atoms with Crippen LogP contribution < -0.4 is 5.73 Å². The van der Waals surface area contributed by atoms with Gasteiger partial charge in [0.1, 0.15) is 6.07 Å². The summed E-state index contributed by atoms with van der Waals surface area (Å²) in [6, 6.07) is 8.00. The third-order valence-corrected chi connectivity index (χ3v) is 2.92. The second-order valence-corrected chi connectivity index (χ2v) is 4.95. The molecule has 2 rings (SSSR count). The Balaban J connectivity index is 2.69. The van der Waals surface area contributed by atoms with Crippen LogP contribution in [0.2, 0.25) is 0 Å². The van der Waals surface area contributed by atoms with Crippen LogP contribution in [0, 0.1) is 18.3 Å². The summed E-state index contributed by atoms with van der Waals surface area (Å²) < 4.78 is 1.88. The van der Waals surface area contributed by atoms with Crippen molar-refractivity contribution < 1.29 is 0 Å². The third-order valence-electron chi connectivity index (χ3n) is 2.92. The molecule has 0 saturated carbocycles. The van der Waals surface area contributed by atoms with E-state index < -0.39 is 5.54 Å². The SMILES string of the molecule is Cc1cccc(-n2cncc2C(C)(C)N)c1C#N. The normalized spacial score (nSPS) is 11.3. The molecule has 0 aliphatic rings. The molecule has 0 unspecified atom stereocenters. The predicted molar refractivity (Wildman–Crippen MR) is 70.2 cm³/mol. The minimum absolute atomic E-state index is 0.507. The molecular formula is C14H16N4. The molecule has 0 saturated heterocycles. The number of aromatic nitrogens is 2. The fraction of sp³-hybridized carbons (Fsp3) is 0.286. The lowest BCUT2D eigenvalue weighted by atomic mass is 10.0. The first kappa shape index (κ1) is 12.3. The average molecular weight is 240 g/mol. The number of hydrogen-bond donors (Lipinski definition) is 1. The zero-order chi connectivity index (χ0) is 13.3. The van der Waals surface area contributed by atoms with Crippen LogP contribution in [0.3, 0.4) is 0 Å². The number of hydrogen-bond acceptors (Lipinski definition) is 3. The Hall–Kier alpha value is -2.12. The lowest BCUT2D eigenvalue weighted by Gasteiger charge is -2.21. The zero-order valence-electron chi connectivity index (χ0n) is 10.8. The molecule has 1 aromatic heterocycles. The Kier molecular flexibility index (Phi) is 2.93. The Labute approximate surface area is 107 Å². The molecule has 0 aliphatic heterocycles. The molecule has 0 bridgehead atoms. The summed E-state index contributed by atoms with van der Waals surface area (Å²) in [6.07, 6.45) is 3.43. The smallest absolute Gasteiger partial charge is 0.102 e. The van der Waals surface area contributed by atoms with Crippen LogP contribution in [-0.2, 0) is 5.54 Å². The van der Waals surface area contributed by atoms with Gasteiger partial charge in [-0.25, -0.2) is 4.98 Å². The van der Waals surface area contributed by atoms with Crippen LogP contribution in [0.5, 0.6) is 0 Å². The van der Waals surface area contributed by atoms with Crippen molar-refractivity contribution in [1.29, 1.82) is 5.26 Å². The van der Waals surface area contributed by atoms with Crippen LogP contribution in [0.25, 0.3) is 5.69 Å². The minimum Gasteiger partial charge on any atom is -0.321 e. The maximum absolute atomic E-state index is 9.28. The van der Waals surface area contributed by atoms with E-state index in [4.69, 9.17) is 5.73 Å². The Morgan fingerprint density at radius 2 is 2.11 bits per heavy atom. The van der Waals surface area contributed by atoms with Crippen molar-refractivity contribution in [2.45, 2.75) is 26.3 Å². The lowest BCUT2D eigenvalue weighted by molar-refractivity contribution is 0.524. The van der Waals surface area contributed by atoms with Gasteiger partial charge in [-0.15, -0.1) is 0 Å². The number of rotatable bonds is 2. The summed E-state index contributed by atoms with van der Waals surface area (Å²) in [5.41, 5.74) is 8.92. The molecule has 18 heavy (non-hydrogen) atoms. The van der Waals surface area contributed by atoms with Gasteiger partial charge >= 0.3 is 0 Å². The first-order valence-corrected chi connectivity index (χ1v) is 5.77. The maximum atomic E-state index is 9.28. The van der Waals surface area contributed by atoms with Gasteiger partial charge in [0.05, 0.1) is 35.0 Å². The number of aryl methyl sites for hydroxylation is 1. The highest BCUT2D eigenvalue weighted by Crippen LogP contribution is 2.24. The van der Waals surface area contributed by atoms with Crippen molar-refractivity contribution in [1.82, 2.24) is 9.55 Å². The molecule has 0 atom stereocenters. The van der Waals surface area contributed by atoms with Crippen LogP contribution in [0.15, 0.2) is 30.7 Å². The fourth-order valence-corrected chi connectivity index (χ4v) is 1.96. The van der Waals surface area contributed by atoms with Crippen molar-refractivity contribution >= 4 is 0 Å². The maximum Gasteiger partial charge on any atom is 0.102 e. The summed E-state index contributed by atoms with van der Waals surface area (Å²) in [5.74, 6) is 0. The highest BCUT2D eigenvalue weighted by molar-refractivity contribution is 5.54. The van der Waals surface area contributed by atoms with Gasteiger partial charge in [0.25, 0.3) is 0 Å². The monoisotopic (exact) mass is 240 g/mol. The van der Waals surface area contributed by atoms with E-state index >= 15 is 0 Å². The van der Waals surface area contributed by atoms with E-state index in [0.717, 1.165) is 16.9 Å². The standard InChI is InChI=1S/C14H16N4/c1-10-5-4-6-12(11(10)7-15)18-9-17-8-13(18)14(2,3)16/h4-6,8-9H,16H2,1-3H3. The van der Waals surface area contributed by atoms with E-state index in [9.17, 15) is 5.26 Å². The summed E-state index contributed by atoms with van der Waals surface area (Å²) in [7, 11) is 0. The van der Waals surface area contributed by atoms with Gasteiger partial charge in [0.2, 0.25) is 0 Å². The van der Waals surface area contributed by atoms with E-state index in [1.807, 2.05) is 43.5 Å². The van der Waals surface area contributed by atoms with Gasteiger partial charge < -0.3 is 10.3 Å². The minimum atomic E-state index is -0.507. The quantitative estimate of drug-likeness (QED) is 0.875. The van der Waals surface area contributed by atoms with E-state index in [0.29, 0.717) is 5.56 Å². The molecule has 4 nitrogen and oxygen atoms in total. The molecule has 0 spiro atoms. The second-order valence-electron chi connectivity index (χ2n) is 4.95. The van der Waals surface area contributed by atoms with Gasteiger partial charge in [0.15, 0.2) is 0 Å². The van der Waals surface area contributed by atoms with Crippen LogP contribution >= 0.6 is 0 Å². The molecule has 0 fully saturated rings. The van der Waals surface area contributed by atoms with Crippen molar-refractivity contribution in [3.05, 3.63) is 47.5 Å². The van der Waals surface area contributed by atoms with Crippen LogP contribution in [0.1, 0.15) is 30.7 Å². The summed E-state index contributed by atoms with van der Waals surface area (Å²) in [5, 5.41) is 9.28. The van der Waals surface area contributed by atoms with Gasteiger partial charge in [0, 0.05) is 0 Å². The summed E-state index contributed by atoms with van der Waals surface area (Å²) >= 11 is 0. The van der Waals surface area contributed by atoms with Crippen molar-refractivity contribution in [2.24, 2.45) is 5.73 Å². The number of nitrogens with zero attached hydrogens (tertiary/aromatic N) is 3. The Morgan fingerprint density at radius 1 is 1.39 bits per heavy atom. The number of benzene rings is 1. The largest absolute Gasteiger partial charge is 0.321 e. The number of imidazole rings is 1. The Morgan fingerprint density at radius 3 is 2.72 bits per heavy atom. The first-order valence-electron chi connectivity index (χ1n) is 5.77. The molecule has 0 radical (unpaired) electrons. The number of nitrogens with two attached hydrogens (primary N) is 1. The van der Waals surface area contributed by atoms with Crippen LogP contribution in [0.4, 0.5) is 0 Å². The highest BCUT2D eigenvalue weighted by atomic mass is 15.1. The van der Waals surface area contributed by atoms with Crippen molar-refractivity contribution in [3.8, 4) is 11.8 Å².